The van der Waals surface area contributed by atoms with Gasteiger partial charge >= 0.3 is 0 Å². The summed E-state index contributed by atoms with van der Waals surface area (Å²) >= 11 is 1.69. The largest absolute Gasteiger partial charge is 0.396 e. The zero-order chi connectivity index (χ0) is 30.9. The third kappa shape index (κ3) is 5.22. The van der Waals surface area contributed by atoms with E-state index in [9.17, 15) is 19.5 Å². The van der Waals surface area contributed by atoms with Crippen LogP contribution in [0.15, 0.2) is 73.8 Å². The van der Waals surface area contributed by atoms with E-state index < -0.39 is 22.6 Å². The lowest BCUT2D eigenvalue weighted by Crippen LogP contribution is -2.58. The van der Waals surface area contributed by atoms with Crippen molar-refractivity contribution in [1.29, 1.82) is 0 Å². The number of aliphatic hydroxyl groups is 1. The number of nitrogens with zero attached hydrogens (tertiary/aromatic N) is 3. The van der Waals surface area contributed by atoms with Crippen molar-refractivity contribution in [2.75, 3.05) is 36.0 Å². The average molecular weight is 602 g/mol. The Balaban J connectivity index is 1.60. The number of amides is 3. The standard InChI is InChI=1S/C35H43N3O4S/c1-6-17-36(26-13-9-8-10-14-26)32(40)29-28-22-25(5)35(43-28)30(29)33(41)38(19-11-12-20-39)31(35)34(42)37(18-7-2)27-21-23(3)15-16-24(27)4/h6-10,13-16,21,25,28-31,39H,1-2,11-12,17-20,22H2,3-5H3/t25?,28-,29+,30-,31?,35?/m0/s1. The number of carbonyl (C=O) groups is 3. The Labute approximate surface area is 259 Å². The Bertz CT molecular complexity index is 1400. The van der Waals surface area contributed by atoms with Gasteiger partial charge in [0.1, 0.15) is 6.04 Å². The molecule has 0 saturated carbocycles. The Hall–Kier alpha value is -3.36. The number of thioether (sulfide) groups is 1. The number of benzene rings is 2. The fourth-order valence-corrected chi connectivity index (χ4v) is 9.96. The maximum atomic E-state index is 14.9. The van der Waals surface area contributed by atoms with E-state index in [-0.39, 0.29) is 35.5 Å². The molecule has 3 heterocycles. The lowest BCUT2D eigenvalue weighted by Gasteiger charge is -2.41. The molecular weight excluding hydrogens is 558 g/mol. The average Bonchev–Trinajstić information content (AvgIpc) is 3.59. The summed E-state index contributed by atoms with van der Waals surface area (Å²) in [6.07, 6.45) is 5.31. The smallest absolute Gasteiger partial charge is 0.251 e. The fraction of sp³-hybridized carbons (Fsp3) is 0.457. The third-order valence-electron chi connectivity index (χ3n) is 9.45. The summed E-state index contributed by atoms with van der Waals surface area (Å²) in [5, 5.41) is 9.47. The number of para-hydroxylation sites is 1. The number of anilines is 2. The maximum absolute atomic E-state index is 14.9. The topological polar surface area (TPSA) is 81.2 Å². The van der Waals surface area contributed by atoms with Crippen LogP contribution in [0.1, 0.15) is 37.3 Å². The van der Waals surface area contributed by atoms with Crippen LogP contribution in [0, 0.1) is 31.6 Å². The number of aliphatic hydroxyl groups excluding tert-OH is 1. The van der Waals surface area contributed by atoms with E-state index >= 15 is 0 Å². The monoisotopic (exact) mass is 601 g/mol. The lowest BCUT2D eigenvalue weighted by molar-refractivity contribution is -0.139. The number of hydrogen-bond acceptors (Lipinski definition) is 5. The van der Waals surface area contributed by atoms with Crippen LogP contribution < -0.4 is 9.80 Å². The molecule has 1 N–H and O–H groups in total. The van der Waals surface area contributed by atoms with E-state index in [1.807, 2.05) is 62.4 Å². The van der Waals surface area contributed by atoms with Crippen molar-refractivity contribution in [2.45, 2.75) is 56.1 Å². The molecule has 3 fully saturated rings. The van der Waals surface area contributed by atoms with Crippen molar-refractivity contribution in [3.63, 3.8) is 0 Å². The quantitative estimate of drug-likeness (QED) is 0.269. The summed E-state index contributed by atoms with van der Waals surface area (Å²) < 4.78 is -0.730. The van der Waals surface area contributed by atoms with Crippen LogP contribution in [-0.2, 0) is 14.4 Å². The minimum Gasteiger partial charge on any atom is -0.396 e. The molecule has 7 nitrogen and oxygen atoms in total. The summed E-state index contributed by atoms with van der Waals surface area (Å²) in [4.78, 5) is 49.2. The molecule has 43 heavy (non-hydrogen) atoms. The number of rotatable bonds is 12. The van der Waals surface area contributed by atoms with Crippen LogP contribution >= 0.6 is 11.8 Å². The highest BCUT2D eigenvalue weighted by atomic mass is 32.2. The molecule has 8 heteroatoms. The van der Waals surface area contributed by atoms with Gasteiger partial charge in [0.15, 0.2) is 0 Å². The first-order chi connectivity index (χ1) is 20.7. The Morgan fingerprint density at radius 3 is 2.42 bits per heavy atom. The van der Waals surface area contributed by atoms with Crippen molar-refractivity contribution >= 4 is 40.9 Å². The number of likely N-dealkylation sites (tertiary alicyclic amines) is 1. The SMILES string of the molecule is C=CCN(C(=O)[C@@H]1[C@@H]2CC(C)C3(S2)C(C(=O)N(CC=C)c2cc(C)ccc2C)N(CCCCO)C(=O)[C@H]13)c1ccccc1. The number of carbonyl (C=O) groups excluding carboxylic acids is 3. The fourth-order valence-electron chi connectivity index (χ4n) is 7.55. The molecule has 0 aliphatic carbocycles. The van der Waals surface area contributed by atoms with Crippen LogP contribution in [0.4, 0.5) is 11.4 Å². The van der Waals surface area contributed by atoms with Gasteiger partial charge in [0, 0.05) is 42.9 Å². The van der Waals surface area contributed by atoms with Gasteiger partial charge in [0.25, 0.3) is 5.91 Å². The van der Waals surface area contributed by atoms with Gasteiger partial charge in [-0.15, -0.1) is 24.9 Å². The van der Waals surface area contributed by atoms with E-state index in [0.717, 1.165) is 28.9 Å². The highest BCUT2D eigenvalue weighted by Gasteiger charge is 2.76. The van der Waals surface area contributed by atoms with Crippen molar-refractivity contribution in [3.05, 3.63) is 85.0 Å². The number of unbranched alkanes of at least 4 members (excludes halogenated alkanes) is 1. The second-order valence-corrected chi connectivity index (χ2v) is 13.7. The zero-order valence-corrected chi connectivity index (χ0v) is 26.3. The van der Waals surface area contributed by atoms with E-state index in [4.69, 9.17) is 0 Å². The van der Waals surface area contributed by atoms with Gasteiger partial charge in [-0.3, -0.25) is 14.4 Å². The minimum atomic E-state index is -0.730. The van der Waals surface area contributed by atoms with Crippen LogP contribution in [0.2, 0.25) is 0 Å². The van der Waals surface area contributed by atoms with E-state index in [0.29, 0.717) is 32.5 Å². The first-order valence-corrected chi connectivity index (χ1v) is 16.1. The van der Waals surface area contributed by atoms with Crippen molar-refractivity contribution in [1.82, 2.24) is 4.90 Å². The molecule has 6 atom stereocenters. The van der Waals surface area contributed by atoms with Gasteiger partial charge < -0.3 is 19.8 Å². The third-order valence-corrected chi connectivity index (χ3v) is 11.5. The molecule has 0 radical (unpaired) electrons. The zero-order valence-electron chi connectivity index (χ0n) is 25.4. The molecule has 3 aliphatic rings. The Morgan fingerprint density at radius 1 is 1.05 bits per heavy atom. The highest BCUT2D eigenvalue weighted by molar-refractivity contribution is 8.02. The highest BCUT2D eigenvalue weighted by Crippen LogP contribution is 2.69. The Morgan fingerprint density at radius 2 is 1.74 bits per heavy atom. The van der Waals surface area contributed by atoms with Crippen molar-refractivity contribution in [3.8, 4) is 0 Å². The molecule has 3 amide bonds. The van der Waals surface area contributed by atoms with Crippen molar-refractivity contribution in [2.24, 2.45) is 17.8 Å². The van der Waals surface area contributed by atoms with Gasteiger partial charge in [-0.25, -0.2) is 0 Å². The molecule has 2 aromatic carbocycles. The maximum Gasteiger partial charge on any atom is 0.251 e. The van der Waals surface area contributed by atoms with E-state index in [2.05, 4.69) is 20.1 Å². The second kappa shape index (κ2) is 12.7. The number of fused-ring (bicyclic) bond motifs is 1. The predicted molar refractivity (Wildman–Crippen MR) is 174 cm³/mol. The van der Waals surface area contributed by atoms with E-state index in [1.165, 1.54) is 0 Å². The number of hydrogen-bond donors (Lipinski definition) is 1. The van der Waals surface area contributed by atoms with Gasteiger partial charge in [-0.05, 0) is 68.4 Å². The van der Waals surface area contributed by atoms with Crippen LogP contribution in [0.5, 0.6) is 0 Å². The molecule has 5 rings (SSSR count). The lowest BCUT2D eigenvalue weighted by atomic mass is 9.65. The molecule has 3 unspecified atom stereocenters. The number of aryl methyl sites for hydroxylation is 2. The molecule has 228 valence electrons. The van der Waals surface area contributed by atoms with Gasteiger partial charge in [-0.1, -0.05) is 49.4 Å². The normalized spacial score (nSPS) is 27.2. The molecule has 0 aromatic heterocycles. The summed E-state index contributed by atoms with van der Waals surface area (Å²) in [6, 6.07) is 14.9. The summed E-state index contributed by atoms with van der Waals surface area (Å²) in [5.74, 6) is -1.43. The molecule has 3 aliphatic heterocycles. The summed E-state index contributed by atoms with van der Waals surface area (Å²) in [7, 11) is 0. The van der Waals surface area contributed by atoms with E-state index in [1.54, 1.807) is 38.6 Å². The summed E-state index contributed by atoms with van der Waals surface area (Å²) in [5.41, 5.74) is 3.59. The molecule has 3 saturated heterocycles. The van der Waals surface area contributed by atoms with Crippen molar-refractivity contribution < 1.29 is 19.5 Å². The van der Waals surface area contributed by atoms with Gasteiger partial charge in [0.05, 0.1) is 16.6 Å². The van der Waals surface area contributed by atoms with Gasteiger partial charge in [0.2, 0.25) is 11.8 Å². The molecular formula is C35H43N3O4S. The predicted octanol–water partition coefficient (Wildman–Crippen LogP) is 5.15. The molecule has 2 aromatic rings. The first kappa shape index (κ1) is 31.1. The van der Waals surface area contributed by atoms with Crippen LogP contribution in [-0.4, -0.2) is 70.0 Å². The van der Waals surface area contributed by atoms with Crippen LogP contribution in [0.3, 0.4) is 0 Å². The van der Waals surface area contributed by atoms with Gasteiger partial charge in [-0.2, -0.15) is 0 Å². The summed E-state index contributed by atoms with van der Waals surface area (Å²) in [6.45, 7) is 15.0. The Kier molecular flexibility index (Phi) is 9.18. The molecule has 1 spiro atoms. The van der Waals surface area contributed by atoms with Crippen LogP contribution in [0.25, 0.3) is 0 Å². The minimum absolute atomic E-state index is 0.0161. The first-order valence-electron chi connectivity index (χ1n) is 15.3. The molecule has 2 bridgehead atoms. The second-order valence-electron chi connectivity index (χ2n) is 12.1.